The van der Waals surface area contributed by atoms with Gasteiger partial charge in [0, 0.05) is 28.1 Å². The van der Waals surface area contributed by atoms with Crippen LogP contribution in [0.2, 0.25) is 0 Å². The van der Waals surface area contributed by atoms with Crippen LogP contribution in [-0.4, -0.2) is 44.3 Å². The number of rotatable bonds is 23. The molecule has 0 aliphatic carbocycles. The van der Waals surface area contributed by atoms with Gasteiger partial charge in [-0.15, -0.1) is 0 Å². The minimum Gasteiger partial charge on any atom is -0.303 e. The van der Waals surface area contributed by atoms with Gasteiger partial charge in [-0.3, -0.25) is 9.05 Å². The molecular formula is C27H61O4P2+. The van der Waals surface area contributed by atoms with E-state index >= 15 is 0 Å². The lowest BCUT2D eigenvalue weighted by molar-refractivity contribution is 0.204. The highest BCUT2D eigenvalue weighted by Gasteiger charge is 2.29. The summed E-state index contributed by atoms with van der Waals surface area (Å²) in [6.45, 7) is 9.70. The van der Waals surface area contributed by atoms with Crippen LogP contribution in [0, 0.1) is 0 Å². The number of unbranched alkanes of at least 4 members (excludes halogenated alkanes) is 15. The fourth-order valence-corrected chi connectivity index (χ4v) is 8.01. The van der Waals surface area contributed by atoms with Crippen LogP contribution in [0.15, 0.2) is 0 Å². The molecule has 4 nitrogen and oxygen atoms in total. The highest BCUT2D eigenvalue weighted by Crippen LogP contribution is 2.57. The van der Waals surface area contributed by atoms with Crippen molar-refractivity contribution >= 4 is 15.1 Å². The SMILES string of the molecule is CCCCCCCC[P+](C)(CCCCCCCC)CCCCCCCC.COP(=O)(O)OC. The quantitative estimate of drug-likeness (QED) is 0.109. The first-order valence-corrected chi connectivity index (χ1v) is 18.4. The molecule has 0 bridgehead atoms. The summed E-state index contributed by atoms with van der Waals surface area (Å²) < 4.78 is 18.0. The zero-order chi connectivity index (χ0) is 25.3. The van der Waals surface area contributed by atoms with Crippen molar-refractivity contribution in [1.82, 2.24) is 0 Å². The van der Waals surface area contributed by atoms with E-state index in [0.29, 0.717) is 0 Å². The van der Waals surface area contributed by atoms with Crippen molar-refractivity contribution in [3.8, 4) is 0 Å². The molecule has 0 aliphatic rings. The Kier molecular flexibility index (Phi) is 27.7. The van der Waals surface area contributed by atoms with E-state index in [4.69, 9.17) is 4.89 Å². The van der Waals surface area contributed by atoms with E-state index in [-0.39, 0.29) is 0 Å². The number of hydrogen-bond donors (Lipinski definition) is 1. The third-order valence-electron chi connectivity index (χ3n) is 6.62. The lowest BCUT2D eigenvalue weighted by Crippen LogP contribution is -2.08. The van der Waals surface area contributed by atoms with Gasteiger partial charge in [0.1, 0.15) is 0 Å². The minimum atomic E-state index is -3.65. The summed E-state index contributed by atoms with van der Waals surface area (Å²) in [7, 11) is -2.09. The van der Waals surface area contributed by atoms with E-state index in [1.165, 1.54) is 116 Å². The van der Waals surface area contributed by atoms with E-state index in [1.54, 1.807) is 18.5 Å². The van der Waals surface area contributed by atoms with Gasteiger partial charge in [0.25, 0.3) is 0 Å². The topological polar surface area (TPSA) is 55.8 Å². The van der Waals surface area contributed by atoms with Crippen molar-refractivity contribution in [2.75, 3.05) is 39.4 Å². The standard InChI is InChI=1S/C25H54P.C2H7O4P/c1-5-8-11-14-17-20-23-26(4,24-21-18-15-12-9-6-2)25-22-19-16-13-10-7-3;1-5-7(3,4)6-2/h5-25H2,1-4H3;1-2H3,(H,3,4)/q+1;. The maximum atomic E-state index is 10.1. The molecule has 0 amide bonds. The summed E-state index contributed by atoms with van der Waals surface area (Å²) in [5.74, 6) is 0. The second-order valence-electron chi connectivity index (χ2n) is 9.93. The van der Waals surface area contributed by atoms with Crippen LogP contribution < -0.4 is 0 Å². The first kappa shape index (κ1) is 35.7. The number of phosphoric ester groups is 1. The Hall–Kier alpha value is 0.540. The molecule has 0 aliphatic heterocycles. The largest absolute Gasteiger partial charge is 0.471 e. The fourth-order valence-electron chi connectivity index (χ4n) is 4.23. The Bertz CT molecular complexity index is 384. The maximum Gasteiger partial charge on any atom is 0.471 e. The van der Waals surface area contributed by atoms with Crippen molar-refractivity contribution in [2.24, 2.45) is 0 Å². The van der Waals surface area contributed by atoms with Crippen molar-refractivity contribution < 1.29 is 18.5 Å². The second-order valence-corrected chi connectivity index (χ2v) is 16.2. The molecule has 0 spiro atoms. The first-order chi connectivity index (χ1) is 15.8. The van der Waals surface area contributed by atoms with Gasteiger partial charge in [0.2, 0.25) is 0 Å². The van der Waals surface area contributed by atoms with Crippen LogP contribution in [-0.2, 0) is 13.6 Å². The molecule has 0 unspecified atom stereocenters. The van der Waals surface area contributed by atoms with E-state index in [9.17, 15) is 4.57 Å². The summed E-state index contributed by atoms with van der Waals surface area (Å²) in [6, 6.07) is 0. The fraction of sp³-hybridized carbons (Fsp3) is 1.00. The Morgan fingerprint density at radius 2 is 0.788 bits per heavy atom. The summed E-state index contributed by atoms with van der Waals surface area (Å²) in [4.78, 5) is 8.24. The smallest absolute Gasteiger partial charge is 0.303 e. The van der Waals surface area contributed by atoms with Gasteiger partial charge in [-0.1, -0.05) is 97.8 Å². The average Bonchev–Trinajstić information content (AvgIpc) is 2.81. The zero-order valence-electron chi connectivity index (χ0n) is 23.4. The Morgan fingerprint density at radius 3 is 1.00 bits per heavy atom. The highest BCUT2D eigenvalue weighted by atomic mass is 31.2. The predicted octanol–water partition coefficient (Wildman–Crippen LogP) is 10.1. The summed E-state index contributed by atoms with van der Waals surface area (Å²) in [5, 5.41) is 0. The Labute approximate surface area is 209 Å². The van der Waals surface area contributed by atoms with Gasteiger partial charge in [0.05, 0.1) is 18.5 Å². The van der Waals surface area contributed by atoms with Gasteiger partial charge < -0.3 is 4.89 Å². The van der Waals surface area contributed by atoms with E-state index in [2.05, 4.69) is 36.5 Å². The van der Waals surface area contributed by atoms with Gasteiger partial charge in [-0.05, 0) is 38.5 Å². The van der Waals surface area contributed by atoms with Crippen molar-refractivity contribution in [1.29, 1.82) is 0 Å². The molecule has 0 saturated carbocycles. The summed E-state index contributed by atoms with van der Waals surface area (Å²) >= 11 is 0. The predicted molar refractivity (Wildman–Crippen MR) is 151 cm³/mol. The van der Waals surface area contributed by atoms with Gasteiger partial charge in [-0.2, -0.15) is 0 Å². The molecule has 0 heterocycles. The molecule has 0 aromatic carbocycles. The molecule has 0 saturated heterocycles. The van der Waals surface area contributed by atoms with E-state index < -0.39 is 15.1 Å². The molecule has 202 valence electrons. The molecule has 0 aromatic rings. The van der Waals surface area contributed by atoms with E-state index in [1.807, 2.05) is 0 Å². The monoisotopic (exact) mass is 511 g/mol. The minimum absolute atomic E-state index is 0.636. The van der Waals surface area contributed by atoms with Gasteiger partial charge in [0.15, 0.2) is 0 Å². The molecule has 6 heteroatoms. The Morgan fingerprint density at radius 1 is 0.545 bits per heavy atom. The van der Waals surface area contributed by atoms with Crippen LogP contribution in [0.25, 0.3) is 0 Å². The summed E-state index contributed by atoms with van der Waals surface area (Å²) in [5.41, 5.74) is 0. The average molecular weight is 512 g/mol. The van der Waals surface area contributed by atoms with Crippen molar-refractivity contribution in [2.45, 2.75) is 136 Å². The van der Waals surface area contributed by atoms with Gasteiger partial charge in [-0.25, -0.2) is 4.57 Å². The first-order valence-electron chi connectivity index (χ1n) is 14.1. The highest BCUT2D eigenvalue weighted by molar-refractivity contribution is 7.75. The zero-order valence-corrected chi connectivity index (χ0v) is 25.2. The third-order valence-corrected chi connectivity index (χ3v) is 11.7. The van der Waals surface area contributed by atoms with Crippen LogP contribution in [0.5, 0.6) is 0 Å². The van der Waals surface area contributed by atoms with Crippen LogP contribution >= 0.6 is 15.1 Å². The Balaban J connectivity index is 0. The lowest BCUT2D eigenvalue weighted by atomic mass is 10.1. The van der Waals surface area contributed by atoms with Crippen LogP contribution in [0.1, 0.15) is 136 Å². The molecular weight excluding hydrogens is 450 g/mol. The van der Waals surface area contributed by atoms with E-state index in [0.717, 1.165) is 14.2 Å². The molecule has 0 aromatic heterocycles. The normalized spacial score (nSPS) is 12.0. The van der Waals surface area contributed by atoms with Crippen molar-refractivity contribution in [3.63, 3.8) is 0 Å². The van der Waals surface area contributed by atoms with Gasteiger partial charge >= 0.3 is 7.82 Å². The molecule has 0 atom stereocenters. The third kappa shape index (κ3) is 27.0. The second kappa shape index (κ2) is 25.6. The summed E-state index contributed by atoms with van der Waals surface area (Å²) in [6.07, 6.45) is 31.2. The molecule has 0 rings (SSSR count). The van der Waals surface area contributed by atoms with Crippen molar-refractivity contribution in [3.05, 3.63) is 0 Å². The lowest BCUT2D eigenvalue weighted by Gasteiger charge is -2.24. The maximum absolute atomic E-state index is 10.1. The van der Waals surface area contributed by atoms with Crippen LogP contribution in [0.4, 0.5) is 0 Å². The number of hydrogen-bond acceptors (Lipinski definition) is 3. The molecule has 33 heavy (non-hydrogen) atoms. The molecule has 0 fully saturated rings. The molecule has 0 radical (unpaired) electrons. The number of phosphoric acid groups is 1. The van der Waals surface area contributed by atoms with Crippen LogP contribution in [0.3, 0.4) is 0 Å². The molecule has 1 N–H and O–H groups in total.